The van der Waals surface area contributed by atoms with Crippen molar-refractivity contribution in [2.45, 2.75) is 31.3 Å². The normalized spacial score (nSPS) is 24.6. The standard InChI is InChI=1S/C15H22BrClN2O/c1-20-9-8-19-7-3-2-4-14(18)15(19)12-6-5-11(16)10-13(12)17/h5-6,10,14-15H,2-4,7-9,18H2,1H3. The first-order valence-electron chi connectivity index (χ1n) is 7.07. The van der Waals surface area contributed by atoms with E-state index in [4.69, 9.17) is 22.1 Å². The molecular weight excluding hydrogens is 340 g/mol. The monoisotopic (exact) mass is 360 g/mol. The lowest BCUT2D eigenvalue weighted by Crippen LogP contribution is -2.41. The van der Waals surface area contributed by atoms with Gasteiger partial charge in [-0.3, -0.25) is 4.90 Å². The largest absolute Gasteiger partial charge is 0.383 e. The van der Waals surface area contributed by atoms with E-state index in [1.807, 2.05) is 12.1 Å². The Labute approximate surface area is 134 Å². The number of nitrogens with zero attached hydrogens (tertiary/aromatic N) is 1. The molecule has 1 heterocycles. The lowest BCUT2D eigenvalue weighted by Gasteiger charge is -2.34. The van der Waals surface area contributed by atoms with E-state index >= 15 is 0 Å². The fourth-order valence-corrected chi connectivity index (χ4v) is 3.68. The van der Waals surface area contributed by atoms with Crippen molar-refractivity contribution in [2.24, 2.45) is 5.73 Å². The van der Waals surface area contributed by atoms with Gasteiger partial charge in [-0.1, -0.05) is 40.0 Å². The summed E-state index contributed by atoms with van der Waals surface area (Å²) >= 11 is 9.90. The van der Waals surface area contributed by atoms with Crippen molar-refractivity contribution in [1.82, 2.24) is 4.90 Å². The van der Waals surface area contributed by atoms with E-state index in [1.165, 1.54) is 12.8 Å². The molecule has 2 unspecified atom stereocenters. The number of halogens is 2. The summed E-state index contributed by atoms with van der Waals surface area (Å²) in [6.45, 7) is 2.66. The molecule has 0 amide bonds. The quantitative estimate of drug-likeness (QED) is 0.890. The molecule has 1 saturated heterocycles. The topological polar surface area (TPSA) is 38.5 Å². The van der Waals surface area contributed by atoms with Gasteiger partial charge in [0.05, 0.1) is 12.6 Å². The summed E-state index contributed by atoms with van der Waals surface area (Å²) in [5, 5.41) is 0.782. The lowest BCUT2D eigenvalue weighted by atomic mass is 9.96. The van der Waals surface area contributed by atoms with Crippen LogP contribution in [0.4, 0.5) is 0 Å². The Morgan fingerprint density at radius 3 is 2.95 bits per heavy atom. The molecule has 1 aromatic rings. The molecule has 0 radical (unpaired) electrons. The molecule has 0 bridgehead atoms. The zero-order chi connectivity index (χ0) is 14.5. The van der Waals surface area contributed by atoms with Crippen molar-refractivity contribution in [2.75, 3.05) is 26.8 Å². The second kappa shape index (κ2) is 7.76. The van der Waals surface area contributed by atoms with Gasteiger partial charge in [0, 0.05) is 29.2 Å². The number of nitrogens with two attached hydrogens (primary N) is 1. The van der Waals surface area contributed by atoms with Gasteiger partial charge in [0.25, 0.3) is 0 Å². The number of benzene rings is 1. The average Bonchev–Trinajstić information content (AvgIpc) is 2.59. The van der Waals surface area contributed by atoms with Crippen LogP contribution in [0, 0.1) is 0 Å². The summed E-state index contributed by atoms with van der Waals surface area (Å²) in [5.41, 5.74) is 7.55. The number of ether oxygens (including phenoxy) is 1. The molecule has 0 saturated carbocycles. The second-order valence-corrected chi connectivity index (χ2v) is 6.62. The van der Waals surface area contributed by atoms with Crippen LogP contribution in [-0.4, -0.2) is 37.7 Å². The summed E-state index contributed by atoms with van der Waals surface area (Å²) < 4.78 is 6.23. The molecule has 5 heteroatoms. The van der Waals surface area contributed by atoms with E-state index in [9.17, 15) is 0 Å². The first-order chi connectivity index (χ1) is 9.63. The zero-order valence-corrected chi connectivity index (χ0v) is 14.2. The van der Waals surface area contributed by atoms with Crippen LogP contribution in [0.1, 0.15) is 30.9 Å². The minimum atomic E-state index is 0.119. The van der Waals surface area contributed by atoms with Crippen LogP contribution in [0.2, 0.25) is 5.02 Å². The Morgan fingerprint density at radius 2 is 2.25 bits per heavy atom. The van der Waals surface area contributed by atoms with E-state index in [-0.39, 0.29) is 12.1 Å². The van der Waals surface area contributed by atoms with Gasteiger partial charge in [-0.05, 0) is 37.1 Å². The third-order valence-electron chi connectivity index (χ3n) is 3.90. The van der Waals surface area contributed by atoms with Gasteiger partial charge in [-0.2, -0.15) is 0 Å². The molecular formula is C15H22BrClN2O. The van der Waals surface area contributed by atoms with Crippen LogP contribution in [0.15, 0.2) is 22.7 Å². The Balaban J connectivity index is 2.29. The smallest absolute Gasteiger partial charge is 0.0589 e. The third-order valence-corrected chi connectivity index (χ3v) is 4.72. The van der Waals surface area contributed by atoms with Crippen molar-refractivity contribution in [1.29, 1.82) is 0 Å². The van der Waals surface area contributed by atoms with E-state index in [0.29, 0.717) is 0 Å². The molecule has 1 aromatic carbocycles. The van der Waals surface area contributed by atoms with E-state index in [1.54, 1.807) is 7.11 Å². The fourth-order valence-electron chi connectivity index (χ4n) is 2.89. The molecule has 2 rings (SSSR count). The van der Waals surface area contributed by atoms with Crippen LogP contribution in [-0.2, 0) is 4.74 Å². The van der Waals surface area contributed by atoms with Crippen molar-refractivity contribution in [3.8, 4) is 0 Å². The fraction of sp³-hybridized carbons (Fsp3) is 0.600. The highest BCUT2D eigenvalue weighted by molar-refractivity contribution is 9.10. The molecule has 112 valence electrons. The molecule has 0 aliphatic carbocycles. The summed E-state index contributed by atoms with van der Waals surface area (Å²) in [7, 11) is 1.74. The molecule has 1 fully saturated rings. The van der Waals surface area contributed by atoms with Gasteiger partial charge in [0.15, 0.2) is 0 Å². The van der Waals surface area contributed by atoms with Crippen molar-refractivity contribution >= 4 is 27.5 Å². The number of methoxy groups -OCH3 is 1. The summed E-state index contributed by atoms with van der Waals surface area (Å²) in [5.74, 6) is 0. The van der Waals surface area contributed by atoms with E-state index < -0.39 is 0 Å². The number of rotatable bonds is 4. The number of likely N-dealkylation sites (tertiary alicyclic amines) is 1. The molecule has 1 aliphatic rings. The minimum Gasteiger partial charge on any atom is -0.383 e. The SMILES string of the molecule is COCCN1CCCCC(N)C1c1ccc(Br)cc1Cl. The van der Waals surface area contributed by atoms with Gasteiger partial charge < -0.3 is 10.5 Å². The highest BCUT2D eigenvalue weighted by Gasteiger charge is 2.30. The van der Waals surface area contributed by atoms with Crippen LogP contribution >= 0.6 is 27.5 Å². The number of hydrogen-bond acceptors (Lipinski definition) is 3. The van der Waals surface area contributed by atoms with Gasteiger partial charge in [0.1, 0.15) is 0 Å². The molecule has 1 aliphatic heterocycles. The van der Waals surface area contributed by atoms with Crippen LogP contribution in [0.5, 0.6) is 0 Å². The first kappa shape index (κ1) is 16.2. The summed E-state index contributed by atoms with van der Waals surface area (Å²) in [4.78, 5) is 2.41. The third kappa shape index (κ3) is 3.95. The van der Waals surface area contributed by atoms with Crippen molar-refractivity contribution in [3.05, 3.63) is 33.3 Å². The Bertz CT molecular complexity index is 444. The lowest BCUT2D eigenvalue weighted by molar-refractivity contribution is 0.115. The zero-order valence-electron chi connectivity index (χ0n) is 11.8. The first-order valence-corrected chi connectivity index (χ1v) is 8.24. The van der Waals surface area contributed by atoms with Gasteiger partial charge in [-0.15, -0.1) is 0 Å². The van der Waals surface area contributed by atoms with Crippen molar-refractivity contribution < 1.29 is 4.74 Å². The maximum absolute atomic E-state index is 6.44. The number of hydrogen-bond donors (Lipinski definition) is 1. The average molecular weight is 362 g/mol. The Kier molecular flexibility index (Phi) is 6.30. The highest BCUT2D eigenvalue weighted by Crippen LogP contribution is 2.34. The second-order valence-electron chi connectivity index (χ2n) is 5.30. The van der Waals surface area contributed by atoms with Crippen LogP contribution < -0.4 is 5.73 Å². The maximum atomic E-state index is 6.44. The van der Waals surface area contributed by atoms with Gasteiger partial charge in [0.2, 0.25) is 0 Å². The van der Waals surface area contributed by atoms with Crippen molar-refractivity contribution in [3.63, 3.8) is 0 Å². The summed E-state index contributed by atoms with van der Waals surface area (Å²) in [6, 6.07) is 6.36. The molecule has 0 spiro atoms. The van der Waals surface area contributed by atoms with Crippen LogP contribution in [0.3, 0.4) is 0 Å². The van der Waals surface area contributed by atoms with E-state index in [2.05, 4.69) is 26.9 Å². The molecule has 3 nitrogen and oxygen atoms in total. The maximum Gasteiger partial charge on any atom is 0.0589 e. The predicted octanol–water partition coefficient (Wildman–Crippen LogP) is 3.60. The van der Waals surface area contributed by atoms with Gasteiger partial charge in [-0.25, -0.2) is 0 Å². The van der Waals surface area contributed by atoms with E-state index in [0.717, 1.165) is 41.2 Å². The summed E-state index contributed by atoms with van der Waals surface area (Å²) in [6.07, 6.45) is 3.40. The Morgan fingerprint density at radius 1 is 1.45 bits per heavy atom. The molecule has 2 atom stereocenters. The van der Waals surface area contributed by atoms with Gasteiger partial charge >= 0.3 is 0 Å². The molecule has 20 heavy (non-hydrogen) atoms. The van der Waals surface area contributed by atoms with Crippen LogP contribution in [0.25, 0.3) is 0 Å². The minimum absolute atomic E-state index is 0.119. The predicted molar refractivity (Wildman–Crippen MR) is 87.2 cm³/mol. The molecule has 0 aromatic heterocycles. The molecule has 2 N–H and O–H groups in total. The highest BCUT2D eigenvalue weighted by atomic mass is 79.9. The Hall–Kier alpha value is -0.130.